The summed E-state index contributed by atoms with van der Waals surface area (Å²) in [7, 11) is -3.44. The normalized spacial score (nSPS) is 11.6. The topological polar surface area (TPSA) is 72.8 Å². The number of halogens is 1. The predicted molar refractivity (Wildman–Crippen MR) is 62.7 cm³/mol. The highest BCUT2D eigenvalue weighted by molar-refractivity contribution is 9.10. The van der Waals surface area contributed by atoms with Gasteiger partial charge in [-0.05, 0) is 39.6 Å². The molecule has 0 aliphatic heterocycles. The van der Waals surface area contributed by atoms with Gasteiger partial charge in [0.25, 0.3) is 0 Å². The number of nitrogens with zero attached hydrogens (tertiary/aromatic N) is 3. The first-order chi connectivity index (χ1) is 7.58. The molecule has 0 saturated carbocycles. The van der Waals surface area contributed by atoms with Crippen LogP contribution in [0.4, 0.5) is 0 Å². The highest BCUT2D eigenvalue weighted by atomic mass is 79.9. The van der Waals surface area contributed by atoms with Crippen LogP contribution in [0.1, 0.15) is 5.01 Å². The fourth-order valence-corrected chi connectivity index (χ4v) is 3.58. The van der Waals surface area contributed by atoms with Crippen LogP contribution < -0.4 is 0 Å². The predicted octanol–water partition coefficient (Wildman–Crippen LogP) is 1.67. The molecule has 2 aromatic rings. The molecule has 8 heteroatoms. The van der Waals surface area contributed by atoms with Crippen LogP contribution in [0.15, 0.2) is 34.2 Å². The van der Waals surface area contributed by atoms with Crippen LogP contribution in [0.3, 0.4) is 0 Å². The Bertz CT molecular complexity index is 583. The number of hydrogen-bond donors (Lipinski definition) is 0. The Morgan fingerprint density at radius 3 is 2.81 bits per heavy atom. The van der Waals surface area contributed by atoms with Crippen LogP contribution in [-0.4, -0.2) is 22.8 Å². The monoisotopic (exact) mass is 319 g/mol. The first-order valence-electron chi connectivity index (χ1n) is 4.19. The molecule has 0 atom stereocenters. The number of hydrogen-bond acceptors (Lipinski definition) is 6. The van der Waals surface area contributed by atoms with E-state index >= 15 is 0 Å². The molecule has 0 amide bonds. The Labute approximate surface area is 105 Å². The lowest BCUT2D eigenvalue weighted by atomic mass is 10.5. The summed E-state index contributed by atoms with van der Waals surface area (Å²) < 4.78 is 28.1. The van der Waals surface area contributed by atoms with E-state index in [1.165, 1.54) is 12.4 Å². The van der Waals surface area contributed by atoms with Gasteiger partial charge >= 0.3 is 0 Å². The summed E-state index contributed by atoms with van der Waals surface area (Å²) in [6.07, 6.45) is 1.34. The Kier molecular flexibility index (Phi) is 3.31. The van der Waals surface area contributed by atoms with E-state index in [1.807, 2.05) is 0 Å². The molecule has 0 aliphatic rings. The molecular formula is C8H6BrN3O2S2. The van der Waals surface area contributed by atoms with Crippen molar-refractivity contribution in [1.29, 1.82) is 0 Å². The zero-order chi connectivity index (χ0) is 11.6. The first-order valence-corrected chi connectivity index (χ1v) is 7.41. The lowest BCUT2D eigenvalue weighted by Gasteiger charge is -2.01. The fourth-order valence-electron chi connectivity index (χ4n) is 1.06. The second-order valence-electron chi connectivity index (χ2n) is 2.89. The van der Waals surface area contributed by atoms with E-state index < -0.39 is 9.84 Å². The lowest BCUT2D eigenvalue weighted by Crippen LogP contribution is -2.06. The van der Waals surface area contributed by atoms with Gasteiger partial charge in [0.1, 0.15) is 21.7 Å². The Balaban J connectivity index is 2.33. The molecule has 0 radical (unpaired) electrons. The summed E-state index contributed by atoms with van der Waals surface area (Å²) in [5.74, 6) is -0.166. The summed E-state index contributed by atoms with van der Waals surface area (Å²) >= 11 is 4.20. The number of aromatic nitrogens is 3. The van der Waals surface area contributed by atoms with Gasteiger partial charge in [-0.25, -0.2) is 18.4 Å². The SMILES string of the molecule is O=S(=O)(Cc1ncns1)c1cccc(Br)n1. The van der Waals surface area contributed by atoms with Crippen molar-refractivity contribution >= 4 is 37.3 Å². The standard InChI is InChI=1S/C8H6BrN3O2S2/c9-6-2-1-3-8(12-6)16(13,14)4-7-10-5-11-15-7/h1-3,5H,4H2. The van der Waals surface area contributed by atoms with Gasteiger partial charge in [-0.15, -0.1) is 0 Å². The average Bonchev–Trinajstić information content (AvgIpc) is 2.70. The van der Waals surface area contributed by atoms with E-state index in [2.05, 4.69) is 30.3 Å². The van der Waals surface area contributed by atoms with Crippen molar-refractivity contribution in [3.8, 4) is 0 Å². The van der Waals surface area contributed by atoms with E-state index in [-0.39, 0.29) is 10.8 Å². The molecule has 5 nitrogen and oxygen atoms in total. The quantitative estimate of drug-likeness (QED) is 0.805. The maximum Gasteiger partial charge on any atom is 0.202 e. The summed E-state index contributed by atoms with van der Waals surface area (Å²) in [5.41, 5.74) is 0. The van der Waals surface area contributed by atoms with Crippen molar-refractivity contribution in [1.82, 2.24) is 14.3 Å². The van der Waals surface area contributed by atoms with E-state index in [4.69, 9.17) is 0 Å². The van der Waals surface area contributed by atoms with Crippen LogP contribution in [-0.2, 0) is 15.6 Å². The minimum absolute atomic E-state index is 0.0390. The summed E-state index contributed by atoms with van der Waals surface area (Å²) in [6.45, 7) is 0. The molecule has 84 valence electrons. The molecule has 0 bridgehead atoms. The Morgan fingerprint density at radius 1 is 1.38 bits per heavy atom. The molecule has 0 aliphatic carbocycles. The van der Waals surface area contributed by atoms with Crippen molar-refractivity contribution < 1.29 is 8.42 Å². The van der Waals surface area contributed by atoms with Crippen LogP contribution in [0.25, 0.3) is 0 Å². The van der Waals surface area contributed by atoms with Gasteiger partial charge in [0.05, 0.1) is 0 Å². The maximum atomic E-state index is 11.9. The van der Waals surface area contributed by atoms with E-state index in [0.29, 0.717) is 9.61 Å². The van der Waals surface area contributed by atoms with Crippen LogP contribution in [0.2, 0.25) is 0 Å². The van der Waals surface area contributed by atoms with Gasteiger partial charge in [-0.2, -0.15) is 4.37 Å². The molecule has 0 unspecified atom stereocenters. The smallest absolute Gasteiger partial charge is 0.202 e. The average molecular weight is 320 g/mol. The first kappa shape index (κ1) is 11.6. The van der Waals surface area contributed by atoms with Gasteiger partial charge < -0.3 is 0 Å². The molecule has 0 N–H and O–H groups in total. The minimum Gasteiger partial charge on any atom is -0.229 e. The summed E-state index contributed by atoms with van der Waals surface area (Å²) in [6, 6.07) is 4.76. The van der Waals surface area contributed by atoms with Gasteiger partial charge in [0.15, 0.2) is 5.03 Å². The molecule has 0 spiro atoms. The minimum atomic E-state index is -3.44. The van der Waals surface area contributed by atoms with E-state index in [1.54, 1.807) is 12.1 Å². The summed E-state index contributed by atoms with van der Waals surface area (Å²) in [5, 5.41) is 0.499. The van der Waals surface area contributed by atoms with Crippen molar-refractivity contribution in [3.05, 3.63) is 34.1 Å². The molecule has 16 heavy (non-hydrogen) atoms. The zero-order valence-corrected chi connectivity index (χ0v) is 11.1. The number of sulfone groups is 1. The second-order valence-corrected chi connectivity index (χ2v) is 6.51. The van der Waals surface area contributed by atoms with Crippen molar-refractivity contribution in [2.24, 2.45) is 0 Å². The fraction of sp³-hybridized carbons (Fsp3) is 0.125. The molecular weight excluding hydrogens is 314 g/mol. The van der Waals surface area contributed by atoms with E-state index in [0.717, 1.165) is 11.5 Å². The molecule has 0 saturated heterocycles. The molecule has 2 heterocycles. The van der Waals surface area contributed by atoms with Crippen molar-refractivity contribution in [3.63, 3.8) is 0 Å². The third-order valence-electron chi connectivity index (χ3n) is 1.73. The van der Waals surface area contributed by atoms with E-state index in [9.17, 15) is 8.42 Å². The van der Waals surface area contributed by atoms with Crippen LogP contribution in [0, 0.1) is 0 Å². The second kappa shape index (κ2) is 4.56. The summed E-state index contributed by atoms with van der Waals surface area (Å²) in [4.78, 5) is 7.75. The maximum absolute atomic E-state index is 11.9. The van der Waals surface area contributed by atoms with Gasteiger partial charge in [0.2, 0.25) is 9.84 Å². The Morgan fingerprint density at radius 2 is 2.19 bits per heavy atom. The number of rotatable bonds is 3. The molecule has 2 aromatic heterocycles. The van der Waals surface area contributed by atoms with Crippen molar-refractivity contribution in [2.45, 2.75) is 10.8 Å². The lowest BCUT2D eigenvalue weighted by molar-refractivity contribution is 0.591. The number of pyridine rings is 1. The zero-order valence-electron chi connectivity index (χ0n) is 7.87. The third kappa shape index (κ3) is 2.63. The highest BCUT2D eigenvalue weighted by Crippen LogP contribution is 2.16. The van der Waals surface area contributed by atoms with Crippen molar-refractivity contribution in [2.75, 3.05) is 0 Å². The molecule has 2 rings (SSSR count). The van der Waals surface area contributed by atoms with Gasteiger partial charge in [-0.3, -0.25) is 0 Å². The molecule has 0 aromatic carbocycles. The highest BCUT2D eigenvalue weighted by Gasteiger charge is 2.18. The third-order valence-corrected chi connectivity index (χ3v) is 4.53. The largest absolute Gasteiger partial charge is 0.229 e. The van der Waals surface area contributed by atoms with Crippen LogP contribution in [0.5, 0.6) is 0 Å². The molecule has 0 fully saturated rings. The van der Waals surface area contributed by atoms with Gasteiger partial charge in [-0.1, -0.05) is 6.07 Å². The van der Waals surface area contributed by atoms with Gasteiger partial charge in [0, 0.05) is 0 Å². The van der Waals surface area contributed by atoms with Crippen LogP contribution >= 0.6 is 27.5 Å². The Hall–Kier alpha value is -0.860.